The molecule has 17 heavy (non-hydrogen) atoms. The molecule has 5 heteroatoms. The van der Waals surface area contributed by atoms with E-state index in [1.807, 2.05) is 20.8 Å². The zero-order chi connectivity index (χ0) is 12.9. The second-order valence-electron chi connectivity index (χ2n) is 5.38. The maximum atomic E-state index is 12.0. The van der Waals surface area contributed by atoms with Crippen LogP contribution < -0.4 is 5.48 Å². The summed E-state index contributed by atoms with van der Waals surface area (Å²) in [5.41, 5.74) is 2.38. The van der Waals surface area contributed by atoms with Gasteiger partial charge < -0.3 is 14.5 Å². The number of ether oxygens (including phenoxy) is 1. The summed E-state index contributed by atoms with van der Waals surface area (Å²) in [6.45, 7) is 7.08. The highest BCUT2D eigenvalue weighted by Crippen LogP contribution is 2.19. The van der Waals surface area contributed by atoms with Crippen molar-refractivity contribution in [3.8, 4) is 0 Å². The largest absolute Gasteiger partial charge is 0.444 e. The Morgan fingerprint density at radius 2 is 2.12 bits per heavy atom. The average molecular weight is 244 g/mol. The zero-order valence-corrected chi connectivity index (χ0v) is 11.3. The van der Waals surface area contributed by atoms with Gasteiger partial charge in [0, 0.05) is 19.1 Å². The predicted octanol–water partition coefficient (Wildman–Crippen LogP) is 1.93. The molecule has 0 saturated carbocycles. The van der Waals surface area contributed by atoms with E-state index in [0.717, 1.165) is 25.8 Å². The number of hydrogen-bond donors (Lipinski definition) is 1. The smallest absolute Gasteiger partial charge is 0.410 e. The number of nitrogens with zero attached hydrogens (tertiary/aromatic N) is 1. The van der Waals surface area contributed by atoms with Crippen molar-refractivity contribution in [1.29, 1.82) is 0 Å². The van der Waals surface area contributed by atoms with Gasteiger partial charge in [-0.3, -0.25) is 0 Å². The Labute approximate surface area is 103 Å². The summed E-state index contributed by atoms with van der Waals surface area (Å²) in [6.07, 6.45) is 2.97. The van der Waals surface area contributed by atoms with E-state index in [9.17, 15) is 4.79 Å². The molecule has 0 spiro atoms. The Morgan fingerprint density at radius 3 is 2.71 bits per heavy atom. The molecule has 0 radical (unpaired) electrons. The summed E-state index contributed by atoms with van der Waals surface area (Å²) in [6, 6.07) is 0.165. The fourth-order valence-electron chi connectivity index (χ4n) is 1.95. The van der Waals surface area contributed by atoms with Crippen LogP contribution in [0.3, 0.4) is 0 Å². The fraction of sp³-hybridized carbons (Fsp3) is 0.917. The highest BCUT2D eigenvalue weighted by Gasteiger charge is 2.30. The van der Waals surface area contributed by atoms with Crippen molar-refractivity contribution in [2.75, 3.05) is 20.2 Å². The normalized spacial score (nSPS) is 21.4. The first-order valence-electron chi connectivity index (χ1n) is 6.19. The van der Waals surface area contributed by atoms with Gasteiger partial charge in [-0.2, -0.15) is 0 Å². The predicted molar refractivity (Wildman–Crippen MR) is 65.6 cm³/mol. The quantitative estimate of drug-likeness (QED) is 0.771. The lowest BCUT2D eigenvalue weighted by atomic mass is 10.0. The first kappa shape index (κ1) is 14.3. The molecule has 0 aromatic carbocycles. The Balaban J connectivity index is 2.54. The second-order valence-corrected chi connectivity index (χ2v) is 5.38. The maximum absolute atomic E-state index is 12.0. The summed E-state index contributed by atoms with van der Waals surface area (Å²) in [7, 11) is 1.58. The average Bonchev–Trinajstić information content (AvgIpc) is 2.24. The Kier molecular flexibility index (Phi) is 5.21. The van der Waals surface area contributed by atoms with Gasteiger partial charge in [-0.25, -0.2) is 10.3 Å². The molecule has 1 aliphatic heterocycles. The third-order valence-electron chi connectivity index (χ3n) is 2.72. The Morgan fingerprint density at radius 1 is 1.41 bits per heavy atom. The minimum Gasteiger partial charge on any atom is -0.444 e. The summed E-state index contributed by atoms with van der Waals surface area (Å²) in [4.78, 5) is 18.7. The monoisotopic (exact) mass is 244 g/mol. The van der Waals surface area contributed by atoms with Crippen LogP contribution in [-0.4, -0.2) is 42.8 Å². The van der Waals surface area contributed by atoms with Gasteiger partial charge in [-0.15, -0.1) is 0 Å². The number of piperidine rings is 1. The van der Waals surface area contributed by atoms with Crippen LogP contribution in [0.5, 0.6) is 0 Å². The molecular weight excluding hydrogens is 220 g/mol. The minimum atomic E-state index is -0.437. The molecule has 1 atom stereocenters. The van der Waals surface area contributed by atoms with E-state index in [0.29, 0.717) is 6.54 Å². The van der Waals surface area contributed by atoms with Crippen LogP contribution >= 0.6 is 0 Å². The Hall–Kier alpha value is -0.810. The van der Waals surface area contributed by atoms with Crippen LogP contribution in [0.25, 0.3) is 0 Å². The molecular formula is C12H24N2O3. The molecule has 1 aliphatic rings. The maximum Gasteiger partial charge on any atom is 0.410 e. The number of carbonyl (C=O) groups excluding carboxylic acids is 1. The standard InChI is InChI=1S/C12H24N2O3/c1-12(2,3)17-11(15)14-8-6-5-7-10(14)9-13-16-4/h10,13H,5-9H2,1-4H3. The van der Waals surface area contributed by atoms with Crippen molar-refractivity contribution in [3.63, 3.8) is 0 Å². The van der Waals surface area contributed by atoms with Crippen molar-refractivity contribution in [2.24, 2.45) is 0 Å². The summed E-state index contributed by atoms with van der Waals surface area (Å²) in [5, 5.41) is 0. The van der Waals surface area contributed by atoms with E-state index in [2.05, 4.69) is 5.48 Å². The molecule has 1 N–H and O–H groups in total. The molecule has 1 heterocycles. The molecule has 0 aromatic rings. The van der Waals surface area contributed by atoms with Crippen LogP contribution in [0, 0.1) is 0 Å². The molecule has 1 fully saturated rings. The minimum absolute atomic E-state index is 0.165. The molecule has 5 nitrogen and oxygen atoms in total. The first-order chi connectivity index (χ1) is 7.94. The van der Waals surface area contributed by atoms with Gasteiger partial charge in [-0.05, 0) is 40.0 Å². The third kappa shape index (κ3) is 4.91. The first-order valence-corrected chi connectivity index (χ1v) is 6.19. The Bertz CT molecular complexity index is 251. The molecule has 0 aliphatic carbocycles. The van der Waals surface area contributed by atoms with Gasteiger partial charge in [0.2, 0.25) is 0 Å². The van der Waals surface area contributed by atoms with Crippen LogP contribution in [0.2, 0.25) is 0 Å². The fourth-order valence-corrected chi connectivity index (χ4v) is 1.95. The molecule has 1 saturated heterocycles. The van der Waals surface area contributed by atoms with E-state index in [-0.39, 0.29) is 12.1 Å². The lowest BCUT2D eigenvalue weighted by Gasteiger charge is -2.36. The molecule has 1 rings (SSSR count). The topological polar surface area (TPSA) is 50.8 Å². The van der Waals surface area contributed by atoms with Crippen LogP contribution in [0.1, 0.15) is 40.0 Å². The molecule has 0 aromatic heterocycles. The lowest BCUT2D eigenvalue weighted by Crippen LogP contribution is -2.50. The molecule has 100 valence electrons. The van der Waals surface area contributed by atoms with Gasteiger partial charge >= 0.3 is 6.09 Å². The van der Waals surface area contributed by atoms with Crippen LogP contribution in [0.15, 0.2) is 0 Å². The van der Waals surface area contributed by atoms with E-state index >= 15 is 0 Å². The van der Waals surface area contributed by atoms with Crippen molar-refractivity contribution >= 4 is 6.09 Å². The van der Waals surface area contributed by atoms with E-state index in [1.165, 1.54) is 0 Å². The highest BCUT2D eigenvalue weighted by molar-refractivity contribution is 5.68. The second kappa shape index (κ2) is 6.21. The number of amides is 1. The number of likely N-dealkylation sites (tertiary alicyclic amines) is 1. The van der Waals surface area contributed by atoms with E-state index in [4.69, 9.17) is 9.57 Å². The van der Waals surface area contributed by atoms with Crippen molar-refractivity contribution in [2.45, 2.75) is 51.7 Å². The highest BCUT2D eigenvalue weighted by atomic mass is 16.6. The van der Waals surface area contributed by atoms with Gasteiger partial charge in [0.05, 0.1) is 7.11 Å². The lowest BCUT2D eigenvalue weighted by molar-refractivity contribution is 0.000902. The van der Waals surface area contributed by atoms with Crippen molar-refractivity contribution in [3.05, 3.63) is 0 Å². The SMILES string of the molecule is CONCC1CCCCN1C(=O)OC(C)(C)C. The summed E-state index contributed by atoms with van der Waals surface area (Å²) < 4.78 is 5.41. The van der Waals surface area contributed by atoms with Crippen LogP contribution in [-0.2, 0) is 9.57 Å². The molecule has 1 amide bonds. The number of hydrogen-bond acceptors (Lipinski definition) is 4. The van der Waals surface area contributed by atoms with Crippen molar-refractivity contribution in [1.82, 2.24) is 10.4 Å². The van der Waals surface area contributed by atoms with Crippen molar-refractivity contribution < 1.29 is 14.4 Å². The number of nitrogens with one attached hydrogen (secondary N) is 1. The zero-order valence-electron chi connectivity index (χ0n) is 11.3. The van der Waals surface area contributed by atoms with E-state index in [1.54, 1.807) is 12.0 Å². The summed E-state index contributed by atoms with van der Waals surface area (Å²) in [5.74, 6) is 0. The molecule has 0 bridgehead atoms. The number of carbonyl (C=O) groups is 1. The van der Waals surface area contributed by atoms with E-state index < -0.39 is 5.60 Å². The van der Waals surface area contributed by atoms with Gasteiger partial charge in [0.15, 0.2) is 0 Å². The third-order valence-corrected chi connectivity index (χ3v) is 2.72. The number of rotatable bonds is 3. The van der Waals surface area contributed by atoms with Gasteiger partial charge in [0.1, 0.15) is 5.60 Å². The van der Waals surface area contributed by atoms with Crippen LogP contribution in [0.4, 0.5) is 4.79 Å². The van der Waals surface area contributed by atoms with Gasteiger partial charge in [-0.1, -0.05) is 0 Å². The van der Waals surface area contributed by atoms with Gasteiger partial charge in [0.25, 0.3) is 0 Å². The molecule has 1 unspecified atom stereocenters. The number of hydroxylamine groups is 1. The summed E-state index contributed by atoms with van der Waals surface area (Å²) >= 11 is 0.